The molecule has 9 heteroatoms. The van der Waals surface area contributed by atoms with E-state index in [0.29, 0.717) is 10.8 Å². The van der Waals surface area contributed by atoms with Crippen LogP contribution >= 0.6 is 46.6 Å². The number of rotatable bonds is 7. The lowest BCUT2D eigenvalue weighted by Gasteiger charge is -2.08. The van der Waals surface area contributed by atoms with E-state index in [1.807, 2.05) is 36.4 Å². The fraction of sp³-hybridized carbons (Fsp3) is 0.0526. The highest BCUT2D eigenvalue weighted by molar-refractivity contribution is 7.99. The molecule has 0 spiro atoms. The zero-order valence-electron chi connectivity index (χ0n) is 14.2. The highest BCUT2D eigenvalue weighted by Crippen LogP contribution is 2.35. The van der Waals surface area contributed by atoms with Crippen molar-refractivity contribution < 1.29 is 13.9 Å². The molecular weight excluding hydrogens is 443 g/mol. The average molecular weight is 456 g/mol. The van der Waals surface area contributed by atoms with Crippen LogP contribution in [0.4, 0.5) is 0 Å². The van der Waals surface area contributed by atoms with Gasteiger partial charge in [-0.15, -0.1) is 0 Å². The Labute approximate surface area is 180 Å². The van der Waals surface area contributed by atoms with Crippen molar-refractivity contribution in [2.45, 2.75) is 9.99 Å². The first kappa shape index (κ1) is 20.6. The SMILES string of the molecule is O=C(COc1cc(Cl)cc(Cl)c1Cl)N/N=C\c1ccc(Sc2ccccc2)o1. The molecule has 0 aliphatic carbocycles. The smallest absolute Gasteiger partial charge is 0.277 e. The molecule has 0 aliphatic rings. The molecule has 3 rings (SSSR count). The second kappa shape index (κ2) is 9.89. The van der Waals surface area contributed by atoms with Crippen molar-refractivity contribution in [1.82, 2.24) is 5.43 Å². The minimum absolute atomic E-state index is 0.182. The molecule has 0 saturated heterocycles. The van der Waals surface area contributed by atoms with Crippen LogP contribution in [0.25, 0.3) is 0 Å². The Morgan fingerprint density at radius 2 is 1.93 bits per heavy atom. The summed E-state index contributed by atoms with van der Waals surface area (Å²) in [5.41, 5.74) is 2.34. The Morgan fingerprint density at radius 1 is 1.14 bits per heavy atom. The van der Waals surface area contributed by atoms with Gasteiger partial charge in [-0.25, -0.2) is 5.43 Å². The molecular formula is C19H13Cl3N2O3S. The van der Waals surface area contributed by atoms with Crippen molar-refractivity contribution in [2.75, 3.05) is 6.61 Å². The Hall–Kier alpha value is -2.12. The second-order valence-corrected chi connectivity index (χ2v) is 7.65. The Bertz CT molecular complexity index is 993. The molecule has 3 aromatic rings. The lowest BCUT2D eigenvalue weighted by molar-refractivity contribution is -0.123. The third-order valence-electron chi connectivity index (χ3n) is 3.26. The summed E-state index contributed by atoms with van der Waals surface area (Å²) in [6.45, 7) is -0.305. The molecule has 1 aromatic heterocycles. The first-order valence-corrected chi connectivity index (χ1v) is 9.88. The van der Waals surface area contributed by atoms with E-state index in [2.05, 4.69) is 10.5 Å². The van der Waals surface area contributed by atoms with E-state index >= 15 is 0 Å². The third kappa shape index (κ3) is 5.94. The minimum atomic E-state index is -0.478. The fourth-order valence-corrected chi connectivity index (χ4v) is 3.48. The molecule has 0 aliphatic heterocycles. The summed E-state index contributed by atoms with van der Waals surface area (Å²) in [6.07, 6.45) is 1.40. The normalized spacial score (nSPS) is 11.0. The number of ether oxygens (including phenoxy) is 1. The van der Waals surface area contributed by atoms with Crippen LogP contribution in [0.15, 0.2) is 74.1 Å². The third-order valence-corrected chi connectivity index (χ3v) is 5.19. The average Bonchev–Trinajstić information content (AvgIpc) is 3.11. The molecule has 0 saturated carbocycles. The maximum atomic E-state index is 11.8. The zero-order chi connectivity index (χ0) is 19.9. The van der Waals surface area contributed by atoms with E-state index < -0.39 is 5.91 Å². The number of hydrogen-bond donors (Lipinski definition) is 1. The van der Waals surface area contributed by atoms with Crippen LogP contribution in [-0.4, -0.2) is 18.7 Å². The fourth-order valence-electron chi connectivity index (χ4n) is 2.04. The predicted octanol–water partition coefficient (Wildman–Crippen LogP) is 5.92. The maximum Gasteiger partial charge on any atom is 0.277 e. The van der Waals surface area contributed by atoms with Gasteiger partial charge in [-0.05, 0) is 30.3 Å². The lowest BCUT2D eigenvalue weighted by Crippen LogP contribution is -2.24. The lowest BCUT2D eigenvalue weighted by atomic mass is 10.3. The number of halogens is 3. The van der Waals surface area contributed by atoms with Gasteiger partial charge >= 0.3 is 0 Å². The summed E-state index contributed by atoms with van der Waals surface area (Å²) in [4.78, 5) is 12.9. The molecule has 5 nitrogen and oxygen atoms in total. The number of benzene rings is 2. The Morgan fingerprint density at radius 3 is 2.71 bits per heavy atom. The van der Waals surface area contributed by atoms with E-state index in [1.165, 1.54) is 30.1 Å². The van der Waals surface area contributed by atoms with Crippen LogP contribution in [0.5, 0.6) is 5.75 Å². The molecule has 0 bridgehead atoms. The van der Waals surface area contributed by atoms with Crippen LogP contribution in [-0.2, 0) is 4.79 Å². The van der Waals surface area contributed by atoms with Crippen molar-refractivity contribution in [2.24, 2.45) is 5.10 Å². The second-order valence-electron chi connectivity index (χ2n) is 5.35. The monoisotopic (exact) mass is 454 g/mol. The number of carbonyl (C=O) groups excluding carboxylic acids is 1. The molecule has 0 unspecified atom stereocenters. The topological polar surface area (TPSA) is 63.8 Å². The largest absolute Gasteiger partial charge is 0.482 e. The summed E-state index contributed by atoms with van der Waals surface area (Å²) >= 11 is 19.3. The van der Waals surface area contributed by atoms with Crippen molar-refractivity contribution in [1.29, 1.82) is 0 Å². The van der Waals surface area contributed by atoms with Crippen LogP contribution in [0, 0.1) is 0 Å². The van der Waals surface area contributed by atoms with Gasteiger partial charge in [0.2, 0.25) is 0 Å². The molecule has 0 fully saturated rings. The van der Waals surface area contributed by atoms with Crippen molar-refractivity contribution in [3.63, 3.8) is 0 Å². The van der Waals surface area contributed by atoms with Gasteiger partial charge in [-0.1, -0.05) is 64.8 Å². The molecule has 1 amide bonds. The van der Waals surface area contributed by atoms with Crippen LogP contribution in [0.3, 0.4) is 0 Å². The van der Waals surface area contributed by atoms with E-state index in [0.717, 1.165) is 9.99 Å². The number of nitrogens with zero attached hydrogens (tertiary/aromatic N) is 1. The van der Waals surface area contributed by atoms with Gasteiger partial charge in [-0.3, -0.25) is 4.79 Å². The maximum absolute atomic E-state index is 11.8. The van der Waals surface area contributed by atoms with Crippen molar-refractivity contribution >= 4 is 58.7 Å². The molecule has 144 valence electrons. The summed E-state index contributed by atoms with van der Waals surface area (Å²) in [5.74, 6) is 0.241. The van der Waals surface area contributed by atoms with E-state index in [-0.39, 0.29) is 22.4 Å². The molecule has 1 N–H and O–H groups in total. The molecule has 0 radical (unpaired) electrons. The Balaban J connectivity index is 1.49. The molecule has 1 heterocycles. The summed E-state index contributed by atoms with van der Waals surface area (Å²) < 4.78 is 10.9. The number of hydrazone groups is 1. The van der Waals surface area contributed by atoms with Gasteiger partial charge < -0.3 is 9.15 Å². The number of carbonyl (C=O) groups is 1. The number of amides is 1. The highest BCUT2D eigenvalue weighted by atomic mass is 35.5. The van der Waals surface area contributed by atoms with Crippen LogP contribution < -0.4 is 10.2 Å². The van der Waals surface area contributed by atoms with Gasteiger partial charge in [0.15, 0.2) is 11.7 Å². The minimum Gasteiger partial charge on any atom is -0.482 e. The summed E-state index contributed by atoms with van der Waals surface area (Å²) in [6, 6.07) is 16.4. The van der Waals surface area contributed by atoms with Crippen molar-refractivity contribution in [3.8, 4) is 5.75 Å². The van der Waals surface area contributed by atoms with Gasteiger partial charge in [-0.2, -0.15) is 5.10 Å². The van der Waals surface area contributed by atoms with Crippen LogP contribution in [0.2, 0.25) is 15.1 Å². The standard InChI is InChI=1S/C19H13Cl3N2O3S/c20-12-8-15(21)19(22)16(9-12)26-11-17(25)24-23-10-13-6-7-18(27-13)28-14-4-2-1-3-5-14/h1-10H,11H2,(H,24,25)/b23-10-. The quantitative estimate of drug-likeness (QED) is 0.273. The number of nitrogens with one attached hydrogen (secondary N) is 1. The predicted molar refractivity (Wildman–Crippen MR) is 112 cm³/mol. The zero-order valence-corrected chi connectivity index (χ0v) is 17.3. The first-order chi connectivity index (χ1) is 13.5. The number of furan rings is 1. The van der Waals surface area contributed by atoms with E-state index in [9.17, 15) is 4.79 Å². The number of hydrogen-bond acceptors (Lipinski definition) is 5. The van der Waals surface area contributed by atoms with Crippen molar-refractivity contribution in [3.05, 3.63) is 75.4 Å². The summed E-state index contributed by atoms with van der Waals surface area (Å²) in [7, 11) is 0. The molecule has 28 heavy (non-hydrogen) atoms. The van der Waals surface area contributed by atoms with Gasteiger partial charge in [0.05, 0.1) is 11.2 Å². The van der Waals surface area contributed by atoms with Gasteiger partial charge in [0.1, 0.15) is 16.5 Å². The first-order valence-electron chi connectivity index (χ1n) is 7.93. The molecule has 0 atom stereocenters. The summed E-state index contributed by atoms with van der Waals surface area (Å²) in [5, 5.41) is 5.33. The Kier molecular flexibility index (Phi) is 7.28. The van der Waals surface area contributed by atoms with Gasteiger partial charge in [0, 0.05) is 16.0 Å². The van der Waals surface area contributed by atoms with Crippen LogP contribution in [0.1, 0.15) is 5.76 Å². The van der Waals surface area contributed by atoms with E-state index in [4.69, 9.17) is 44.0 Å². The van der Waals surface area contributed by atoms with E-state index in [1.54, 1.807) is 6.07 Å². The highest BCUT2D eigenvalue weighted by Gasteiger charge is 2.10. The molecule has 2 aromatic carbocycles. The van der Waals surface area contributed by atoms with Gasteiger partial charge in [0.25, 0.3) is 5.91 Å².